The first-order valence-electron chi connectivity index (χ1n) is 8.40. The van der Waals surface area contributed by atoms with Gasteiger partial charge in [0.1, 0.15) is 0 Å². The van der Waals surface area contributed by atoms with E-state index in [0.717, 1.165) is 16.8 Å². The highest BCUT2D eigenvalue weighted by Crippen LogP contribution is 2.21. The zero-order chi connectivity index (χ0) is 18.7. The molecule has 2 amide bonds. The van der Waals surface area contributed by atoms with Gasteiger partial charge in [-0.15, -0.1) is 0 Å². The van der Waals surface area contributed by atoms with Crippen molar-refractivity contribution in [1.82, 2.24) is 25.4 Å². The molecule has 2 heterocycles. The average Bonchev–Trinajstić information content (AvgIpc) is 2.92. The molecule has 0 spiro atoms. The summed E-state index contributed by atoms with van der Waals surface area (Å²) in [5, 5.41) is 10.7. The number of nitrogens with zero attached hydrogens (tertiary/aromatic N) is 3. The van der Waals surface area contributed by atoms with E-state index in [2.05, 4.69) is 20.7 Å². The highest BCUT2D eigenvalue weighted by atomic mass is 16.2. The van der Waals surface area contributed by atoms with Gasteiger partial charge in [0, 0.05) is 31.4 Å². The molecule has 2 aromatic heterocycles. The molecule has 0 radical (unpaired) electrons. The highest BCUT2D eigenvalue weighted by Gasteiger charge is 2.17. The van der Waals surface area contributed by atoms with Crippen LogP contribution in [-0.4, -0.2) is 39.7 Å². The second kappa shape index (κ2) is 7.35. The minimum atomic E-state index is -0.203. The Bertz CT molecular complexity index is 963. The Kier molecular flexibility index (Phi) is 4.97. The number of rotatable bonds is 5. The monoisotopic (exact) mass is 351 g/mol. The van der Waals surface area contributed by atoms with Crippen molar-refractivity contribution in [1.29, 1.82) is 0 Å². The number of carbonyl (C=O) groups is 2. The van der Waals surface area contributed by atoms with E-state index < -0.39 is 0 Å². The molecule has 7 heteroatoms. The lowest BCUT2D eigenvalue weighted by Gasteiger charge is -2.09. The Balaban J connectivity index is 1.64. The largest absolute Gasteiger partial charge is 0.350 e. The van der Waals surface area contributed by atoms with Gasteiger partial charge in [0.2, 0.25) is 0 Å². The third-order valence-electron chi connectivity index (χ3n) is 4.07. The molecule has 0 aliphatic carbocycles. The van der Waals surface area contributed by atoms with Gasteiger partial charge < -0.3 is 10.6 Å². The van der Waals surface area contributed by atoms with Crippen LogP contribution in [0.15, 0.2) is 36.4 Å². The first kappa shape index (κ1) is 17.6. The zero-order valence-electron chi connectivity index (χ0n) is 15.0. The molecule has 0 saturated carbocycles. The van der Waals surface area contributed by atoms with E-state index in [1.165, 1.54) is 0 Å². The summed E-state index contributed by atoms with van der Waals surface area (Å²) in [6.45, 7) is 4.38. The first-order valence-corrected chi connectivity index (χ1v) is 8.40. The summed E-state index contributed by atoms with van der Waals surface area (Å²) in [5.74, 6) is -0.365. The molecule has 2 N–H and O–H groups in total. The molecular formula is C19H21N5O2. The summed E-state index contributed by atoms with van der Waals surface area (Å²) in [6, 6.07) is 10.7. The molecule has 0 saturated heterocycles. The van der Waals surface area contributed by atoms with E-state index in [4.69, 9.17) is 0 Å². The molecule has 0 unspecified atom stereocenters. The van der Waals surface area contributed by atoms with Crippen LogP contribution in [0, 0.1) is 13.8 Å². The molecule has 0 fully saturated rings. The molecule has 0 aliphatic heterocycles. The lowest BCUT2D eigenvalue weighted by Crippen LogP contribution is -2.34. The predicted molar refractivity (Wildman–Crippen MR) is 99.1 cm³/mol. The molecule has 0 aliphatic rings. The van der Waals surface area contributed by atoms with E-state index in [9.17, 15) is 9.59 Å². The van der Waals surface area contributed by atoms with E-state index in [1.54, 1.807) is 22.9 Å². The van der Waals surface area contributed by atoms with Crippen LogP contribution < -0.4 is 10.6 Å². The normalized spacial score (nSPS) is 10.7. The fourth-order valence-electron chi connectivity index (χ4n) is 2.89. The maximum absolute atomic E-state index is 12.6. The summed E-state index contributed by atoms with van der Waals surface area (Å²) >= 11 is 0. The molecule has 7 nitrogen and oxygen atoms in total. The average molecular weight is 351 g/mol. The SMILES string of the molecule is Cc1cc(C(=O)NCCNC(=O)c2ccccc2)c2c(C)nn(C)c2n1. The number of nitrogens with one attached hydrogen (secondary N) is 2. The lowest BCUT2D eigenvalue weighted by molar-refractivity contribution is 0.0928. The topological polar surface area (TPSA) is 88.9 Å². The summed E-state index contributed by atoms with van der Waals surface area (Å²) < 4.78 is 1.68. The van der Waals surface area contributed by atoms with Crippen molar-refractivity contribution < 1.29 is 9.59 Å². The van der Waals surface area contributed by atoms with Crippen LogP contribution >= 0.6 is 0 Å². The van der Waals surface area contributed by atoms with Gasteiger partial charge in [-0.2, -0.15) is 5.10 Å². The number of aromatic nitrogens is 3. The van der Waals surface area contributed by atoms with Crippen molar-refractivity contribution in [3.63, 3.8) is 0 Å². The van der Waals surface area contributed by atoms with Crippen LogP contribution in [-0.2, 0) is 7.05 Å². The molecule has 0 atom stereocenters. The van der Waals surface area contributed by atoms with Crippen LogP contribution in [0.3, 0.4) is 0 Å². The molecule has 3 aromatic rings. The Morgan fingerprint density at radius 2 is 1.69 bits per heavy atom. The minimum absolute atomic E-state index is 0.162. The lowest BCUT2D eigenvalue weighted by atomic mass is 10.1. The number of hydrogen-bond acceptors (Lipinski definition) is 4. The third kappa shape index (κ3) is 3.56. The number of fused-ring (bicyclic) bond motifs is 1. The van der Waals surface area contributed by atoms with Gasteiger partial charge in [0.25, 0.3) is 11.8 Å². The van der Waals surface area contributed by atoms with Crippen molar-refractivity contribution in [3.05, 3.63) is 58.9 Å². The van der Waals surface area contributed by atoms with E-state index in [1.807, 2.05) is 39.1 Å². The number of aryl methyl sites for hydroxylation is 3. The predicted octanol–water partition coefficient (Wildman–Crippen LogP) is 1.74. The van der Waals surface area contributed by atoms with Crippen LogP contribution in [0.2, 0.25) is 0 Å². The second-order valence-electron chi connectivity index (χ2n) is 6.10. The Morgan fingerprint density at radius 3 is 2.38 bits per heavy atom. The molecule has 3 rings (SSSR count). The van der Waals surface area contributed by atoms with Crippen LogP contribution in [0.1, 0.15) is 32.1 Å². The van der Waals surface area contributed by atoms with Gasteiger partial charge in [0.05, 0.1) is 16.6 Å². The second-order valence-corrected chi connectivity index (χ2v) is 6.10. The maximum atomic E-state index is 12.6. The van der Waals surface area contributed by atoms with Crippen LogP contribution in [0.25, 0.3) is 11.0 Å². The zero-order valence-corrected chi connectivity index (χ0v) is 15.0. The summed E-state index contributed by atoms with van der Waals surface area (Å²) in [7, 11) is 1.81. The molecule has 1 aromatic carbocycles. The number of benzene rings is 1. The van der Waals surface area contributed by atoms with Gasteiger partial charge in [-0.3, -0.25) is 14.3 Å². The fourth-order valence-corrected chi connectivity index (χ4v) is 2.89. The van der Waals surface area contributed by atoms with Gasteiger partial charge in [-0.25, -0.2) is 4.98 Å². The number of hydrogen-bond donors (Lipinski definition) is 2. The summed E-state index contributed by atoms with van der Waals surface area (Å²) in [6.07, 6.45) is 0. The van der Waals surface area contributed by atoms with Crippen molar-refractivity contribution in [3.8, 4) is 0 Å². The quantitative estimate of drug-likeness (QED) is 0.685. The molecule has 134 valence electrons. The standard InChI is InChI=1S/C19H21N5O2/c1-12-11-15(16-13(2)23-24(3)17(16)22-12)19(26)21-10-9-20-18(25)14-7-5-4-6-8-14/h4-8,11H,9-10H2,1-3H3,(H,20,25)(H,21,26). The van der Waals surface area contributed by atoms with Crippen LogP contribution in [0.4, 0.5) is 0 Å². The fraction of sp³-hybridized carbons (Fsp3) is 0.263. The Labute approximate surface area is 151 Å². The van der Waals surface area contributed by atoms with Crippen LogP contribution in [0.5, 0.6) is 0 Å². The Hall–Kier alpha value is -3.22. The Morgan fingerprint density at radius 1 is 1.04 bits per heavy atom. The van der Waals surface area contributed by atoms with E-state index >= 15 is 0 Å². The number of pyridine rings is 1. The molecular weight excluding hydrogens is 330 g/mol. The maximum Gasteiger partial charge on any atom is 0.252 e. The first-order chi connectivity index (χ1) is 12.5. The molecule has 0 bridgehead atoms. The van der Waals surface area contributed by atoms with E-state index in [-0.39, 0.29) is 11.8 Å². The van der Waals surface area contributed by atoms with E-state index in [0.29, 0.717) is 29.9 Å². The van der Waals surface area contributed by atoms with Gasteiger partial charge in [-0.1, -0.05) is 18.2 Å². The third-order valence-corrected chi connectivity index (χ3v) is 4.07. The van der Waals surface area contributed by atoms with Crippen molar-refractivity contribution >= 4 is 22.8 Å². The number of carbonyl (C=O) groups excluding carboxylic acids is 2. The molecule has 26 heavy (non-hydrogen) atoms. The summed E-state index contributed by atoms with van der Waals surface area (Å²) in [4.78, 5) is 29.0. The van der Waals surface area contributed by atoms with Gasteiger partial charge in [0.15, 0.2) is 5.65 Å². The van der Waals surface area contributed by atoms with Gasteiger partial charge >= 0.3 is 0 Å². The van der Waals surface area contributed by atoms with Crippen molar-refractivity contribution in [2.75, 3.05) is 13.1 Å². The smallest absolute Gasteiger partial charge is 0.252 e. The number of amides is 2. The van der Waals surface area contributed by atoms with Crippen molar-refractivity contribution in [2.45, 2.75) is 13.8 Å². The summed E-state index contributed by atoms with van der Waals surface area (Å²) in [5.41, 5.74) is 3.34. The van der Waals surface area contributed by atoms with Gasteiger partial charge in [-0.05, 0) is 32.0 Å². The van der Waals surface area contributed by atoms with Crippen molar-refractivity contribution in [2.24, 2.45) is 7.05 Å². The highest BCUT2D eigenvalue weighted by molar-refractivity contribution is 6.06. The minimum Gasteiger partial charge on any atom is -0.350 e.